The number of rotatable bonds is 3. The number of nitrogens with two attached hydrogens (primary N) is 1. The second-order valence-electron chi connectivity index (χ2n) is 2.41. The number of nitrogens with zero attached hydrogens (tertiary/aromatic N) is 3. The predicted octanol–water partition coefficient (Wildman–Crippen LogP) is 0.576. The van der Waals surface area contributed by atoms with Gasteiger partial charge in [-0.25, -0.2) is 4.98 Å². The molecule has 0 aliphatic heterocycles. The van der Waals surface area contributed by atoms with Crippen molar-refractivity contribution < 1.29 is 4.52 Å². The van der Waals surface area contributed by atoms with Gasteiger partial charge in [-0.15, -0.1) is 11.3 Å². The third-order valence-electron chi connectivity index (χ3n) is 1.48. The summed E-state index contributed by atoms with van der Waals surface area (Å²) in [5.74, 6) is 1.10. The summed E-state index contributed by atoms with van der Waals surface area (Å²) in [7, 11) is 0. The van der Waals surface area contributed by atoms with Crippen molar-refractivity contribution in [2.24, 2.45) is 5.73 Å². The molecule has 0 saturated heterocycles. The quantitative estimate of drug-likeness (QED) is 0.776. The van der Waals surface area contributed by atoms with Crippen molar-refractivity contribution in [3.8, 4) is 0 Å². The third-order valence-corrected chi connectivity index (χ3v) is 2.26. The van der Waals surface area contributed by atoms with E-state index in [4.69, 9.17) is 10.3 Å². The van der Waals surface area contributed by atoms with Crippen LogP contribution in [0, 0.1) is 0 Å². The number of hydrogen-bond donors (Lipinski definition) is 1. The molecule has 5 nitrogen and oxygen atoms in total. The SMILES string of the molecule is NCc1nc(Cc2nccs2)no1. The van der Waals surface area contributed by atoms with Gasteiger partial charge in [-0.3, -0.25) is 0 Å². The van der Waals surface area contributed by atoms with E-state index in [1.165, 1.54) is 0 Å². The van der Waals surface area contributed by atoms with E-state index in [1.807, 2.05) is 5.38 Å². The van der Waals surface area contributed by atoms with Crippen LogP contribution in [-0.4, -0.2) is 15.1 Å². The Bertz CT molecular complexity index is 370. The van der Waals surface area contributed by atoms with E-state index in [-0.39, 0.29) is 6.54 Å². The fourth-order valence-corrected chi connectivity index (χ4v) is 1.53. The molecule has 2 aromatic heterocycles. The summed E-state index contributed by atoms with van der Waals surface area (Å²) >= 11 is 1.57. The van der Waals surface area contributed by atoms with Crippen LogP contribution in [0.1, 0.15) is 16.7 Å². The van der Waals surface area contributed by atoms with Crippen molar-refractivity contribution in [2.75, 3.05) is 0 Å². The van der Waals surface area contributed by atoms with Gasteiger partial charge in [0.05, 0.1) is 13.0 Å². The van der Waals surface area contributed by atoms with Crippen molar-refractivity contribution in [1.82, 2.24) is 15.1 Å². The minimum Gasteiger partial charge on any atom is -0.338 e. The molecule has 0 radical (unpaired) electrons. The lowest BCUT2D eigenvalue weighted by Crippen LogP contribution is -1.96. The molecule has 0 unspecified atom stereocenters. The van der Waals surface area contributed by atoms with Crippen LogP contribution in [0.25, 0.3) is 0 Å². The first-order chi connectivity index (χ1) is 6.38. The second-order valence-corrected chi connectivity index (χ2v) is 3.39. The molecule has 2 aromatic rings. The van der Waals surface area contributed by atoms with Gasteiger partial charge in [0.25, 0.3) is 0 Å². The van der Waals surface area contributed by atoms with Gasteiger partial charge in [-0.05, 0) is 0 Å². The Morgan fingerprint density at radius 1 is 1.54 bits per heavy atom. The summed E-state index contributed by atoms with van der Waals surface area (Å²) in [6.45, 7) is 0.283. The monoisotopic (exact) mass is 196 g/mol. The molecule has 2 N–H and O–H groups in total. The third kappa shape index (κ3) is 1.90. The molecule has 0 amide bonds. The lowest BCUT2D eigenvalue weighted by molar-refractivity contribution is 0.375. The Kier molecular flexibility index (Phi) is 2.33. The molecule has 13 heavy (non-hydrogen) atoms. The smallest absolute Gasteiger partial charge is 0.240 e. The van der Waals surface area contributed by atoms with E-state index in [2.05, 4.69) is 15.1 Å². The first-order valence-corrected chi connectivity index (χ1v) is 4.66. The number of thiazole rings is 1. The summed E-state index contributed by atoms with van der Waals surface area (Å²) in [4.78, 5) is 8.18. The van der Waals surface area contributed by atoms with Gasteiger partial charge in [-0.1, -0.05) is 5.16 Å². The van der Waals surface area contributed by atoms with Crippen LogP contribution in [0.15, 0.2) is 16.1 Å². The molecule has 0 saturated carbocycles. The van der Waals surface area contributed by atoms with Gasteiger partial charge in [0, 0.05) is 11.6 Å². The van der Waals surface area contributed by atoms with Gasteiger partial charge >= 0.3 is 0 Å². The highest BCUT2D eigenvalue weighted by molar-refractivity contribution is 7.09. The zero-order valence-electron chi connectivity index (χ0n) is 6.80. The van der Waals surface area contributed by atoms with Crippen molar-refractivity contribution in [2.45, 2.75) is 13.0 Å². The van der Waals surface area contributed by atoms with Gasteiger partial charge in [0.15, 0.2) is 5.82 Å². The van der Waals surface area contributed by atoms with Gasteiger partial charge in [-0.2, -0.15) is 4.98 Å². The highest BCUT2D eigenvalue weighted by Gasteiger charge is 2.06. The fraction of sp³-hybridized carbons (Fsp3) is 0.286. The molecule has 0 aliphatic rings. The Balaban J connectivity index is 2.10. The van der Waals surface area contributed by atoms with Crippen LogP contribution in [0.5, 0.6) is 0 Å². The molecular weight excluding hydrogens is 188 g/mol. The van der Waals surface area contributed by atoms with Crippen molar-refractivity contribution in [3.05, 3.63) is 28.3 Å². The average Bonchev–Trinajstić information content (AvgIpc) is 2.76. The molecule has 0 spiro atoms. The molecule has 6 heteroatoms. The molecule has 0 bridgehead atoms. The van der Waals surface area contributed by atoms with Gasteiger partial charge in [0.1, 0.15) is 5.01 Å². The maximum Gasteiger partial charge on any atom is 0.240 e. The molecule has 0 aromatic carbocycles. The van der Waals surface area contributed by atoms with Crippen LogP contribution in [-0.2, 0) is 13.0 Å². The number of hydrogen-bond acceptors (Lipinski definition) is 6. The largest absolute Gasteiger partial charge is 0.338 e. The Morgan fingerprint density at radius 2 is 2.46 bits per heavy atom. The van der Waals surface area contributed by atoms with Gasteiger partial charge in [0.2, 0.25) is 5.89 Å². The standard InChI is InChI=1S/C7H8N4OS/c8-4-6-10-5(11-12-6)3-7-9-1-2-13-7/h1-2H,3-4,8H2. The van der Waals surface area contributed by atoms with E-state index in [1.54, 1.807) is 17.5 Å². The zero-order chi connectivity index (χ0) is 9.10. The molecule has 0 atom stereocenters. The molecule has 2 heterocycles. The van der Waals surface area contributed by atoms with Crippen LogP contribution < -0.4 is 5.73 Å². The minimum atomic E-state index is 0.283. The highest BCUT2D eigenvalue weighted by atomic mass is 32.1. The normalized spacial score (nSPS) is 10.5. The van der Waals surface area contributed by atoms with E-state index in [0.717, 1.165) is 5.01 Å². The van der Waals surface area contributed by atoms with Crippen LogP contribution >= 0.6 is 11.3 Å². The fourth-order valence-electron chi connectivity index (χ4n) is 0.920. The Labute approximate surface area is 78.6 Å². The maximum absolute atomic E-state index is 5.33. The summed E-state index contributed by atoms with van der Waals surface area (Å²) in [5.41, 5.74) is 5.33. The molecule has 0 aliphatic carbocycles. The summed E-state index contributed by atoms with van der Waals surface area (Å²) in [6, 6.07) is 0. The van der Waals surface area contributed by atoms with Crippen LogP contribution in [0.3, 0.4) is 0 Å². The summed E-state index contributed by atoms with van der Waals surface area (Å²) in [6.07, 6.45) is 2.37. The van der Waals surface area contributed by atoms with Crippen LogP contribution in [0.2, 0.25) is 0 Å². The first kappa shape index (κ1) is 8.33. The lowest BCUT2D eigenvalue weighted by Gasteiger charge is -1.85. The minimum absolute atomic E-state index is 0.283. The Morgan fingerprint density at radius 3 is 3.08 bits per heavy atom. The highest BCUT2D eigenvalue weighted by Crippen LogP contribution is 2.09. The molecule has 0 fully saturated rings. The van der Waals surface area contributed by atoms with Crippen molar-refractivity contribution in [3.63, 3.8) is 0 Å². The predicted molar refractivity (Wildman–Crippen MR) is 47.1 cm³/mol. The van der Waals surface area contributed by atoms with Crippen LogP contribution in [0.4, 0.5) is 0 Å². The topological polar surface area (TPSA) is 77.8 Å². The van der Waals surface area contributed by atoms with E-state index in [9.17, 15) is 0 Å². The number of aromatic nitrogens is 3. The van der Waals surface area contributed by atoms with Crippen molar-refractivity contribution in [1.29, 1.82) is 0 Å². The molecular formula is C7H8N4OS. The lowest BCUT2D eigenvalue weighted by atomic mass is 10.4. The van der Waals surface area contributed by atoms with E-state index >= 15 is 0 Å². The van der Waals surface area contributed by atoms with E-state index in [0.29, 0.717) is 18.1 Å². The first-order valence-electron chi connectivity index (χ1n) is 3.78. The maximum atomic E-state index is 5.33. The molecule has 2 rings (SSSR count). The summed E-state index contributed by atoms with van der Waals surface area (Å²) in [5, 5.41) is 6.65. The Hall–Kier alpha value is -1.27. The van der Waals surface area contributed by atoms with E-state index < -0.39 is 0 Å². The second kappa shape index (κ2) is 3.63. The van der Waals surface area contributed by atoms with Gasteiger partial charge < -0.3 is 10.3 Å². The average molecular weight is 196 g/mol. The summed E-state index contributed by atoms with van der Waals surface area (Å²) < 4.78 is 4.85. The van der Waals surface area contributed by atoms with Crippen molar-refractivity contribution >= 4 is 11.3 Å². The molecule has 68 valence electrons. The zero-order valence-corrected chi connectivity index (χ0v) is 7.62.